The van der Waals surface area contributed by atoms with E-state index in [1.807, 2.05) is 47.4 Å². The predicted octanol–water partition coefficient (Wildman–Crippen LogP) is 2.86. The highest BCUT2D eigenvalue weighted by molar-refractivity contribution is 5.94. The highest BCUT2D eigenvalue weighted by Gasteiger charge is 2.24. The van der Waals surface area contributed by atoms with Crippen LogP contribution < -0.4 is 0 Å². The van der Waals surface area contributed by atoms with Crippen LogP contribution in [0.4, 0.5) is 0 Å². The fraction of sp³-hybridized carbons (Fsp3) is 0.286. The Morgan fingerprint density at radius 3 is 2.27 bits per heavy atom. The van der Waals surface area contributed by atoms with Gasteiger partial charge in [0.15, 0.2) is 0 Å². The summed E-state index contributed by atoms with van der Waals surface area (Å²) in [5, 5.41) is 0. The van der Waals surface area contributed by atoms with Crippen molar-refractivity contribution in [2.45, 2.75) is 12.8 Å². The van der Waals surface area contributed by atoms with E-state index in [0.29, 0.717) is 38.2 Å². The molecule has 1 fully saturated rings. The molecule has 0 atom stereocenters. The number of benzene rings is 1. The van der Waals surface area contributed by atoms with E-state index in [1.54, 1.807) is 29.4 Å². The number of allylic oxidation sites excluding steroid dienone is 1. The maximum atomic E-state index is 12.4. The molecule has 134 valence electrons. The molecule has 0 aliphatic carbocycles. The van der Waals surface area contributed by atoms with E-state index in [2.05, 4.69) is 4.98 Å². The zero-order valence-corrected chi connectivity index (χ0v) is 14.8. The highest BCUT2D eigenvalue weighted by atomic mass is 16.2. The SMILES string of the molecule is O=C(CCC=Cc1ccccc1)N1CCN(C(=O)c2ccncc2)CC1. The van der Waals surface area contributed by atoms with Gasteiger partial charge in [0.25, 0.3) is 5.91 Å². The Labute approximate surface area is 154 Å². The third kappa shape index (κ3) is 4.79. The quantitative estimate of drug-likeness (QED) is 0.834. The van der Waals surface area contributed by atoms with Crippen molar-refractivity contribution in [3.8, 4) is 0 Å². The van der Waals surface area contributed by atoms with Crippen molar-refractivity contribution in [1.29, 1.82) is 0 Å². The summed E-state index contributed by atoms with van der Waals surface area (Å²) in [5.41, 5.74) is 1.79. The number of hydrogen-bond acceptors (Lipinski definition) is 3. The lowest BCUT2D eigenvalue weighted by Gasteiger charge is -2.34. The third-order valence-corrected chi connectivity index (χ3v) is 4.48. The molecular weight excluding hydrogens is 326 g/mol. The molecule has 1 aliphatic heterocycles. The second-order valence-corrected chi connectivity index (χ2v) is 6.26. The van der Waals surface area contributed by atoms with Crippen LogP contribution in [0.2, 0.25) is 0 Å². The minimum atomic E-state index is 0.00490. The molecule has 1 aliphatic rings. The Kier molecular flexibility index (Phi) is 6.14. The number of amides is 2. The van der Waals surface area contributed by atoms with Crippen LogP contribution in [0.3, 0.4) is 0 Å². The van der Waals surface area contributed by atoms with Crippen molar-refractivity contribution < 1.29 is 9.59 Å². The first-order chi connectivity index (χ1) is 12.7. The van der Waals surface area contributed by atoms with Crippen LogP contribution in [-0.2, 0) is 4.79 Å². The molecule has 1 saturated heterocycles. The zero-order valence-electron chi connectivity index (χ0n) is 14.8. The monoisotopic (exact) mass is 349 g/mol. The van der Waals surface area contributed by atoms with Gasteiger partial charge in [-0.1, -0.05) is 42.5 Å². The van der Waals surface area contributed by atoms with Crippen LogP contribution in [0, 0.1) is 0 Å². The van der Waals surface area contributed by atoms with Gasteiger partial charge in [-0.3, -0.25) is 14.6 Å². The second-order valence-electron chi connectivity index (χ2n) is 6.26. The van der Waals surface area contributed by atoms with Crippen LogP contribution in [0.5, 0.6) is 0 Å². The second kappa shape index (κ2) is 8.94. The summed E-state index contributed by atoms with van der Waals surface area (Å²) in [6, 6.07) is 13.5. The Morgan fingerprint density at radius 1 is 0.923 bits per heavy atom. The predicted molar refractivity (Wildman–Crippen MR) is 101 cm³/mol. The number of piperazine rings is 1. The van der Waals surface area contributed by atoms with Crippen molar-refractivity contribution in [2.24, 2.45) is 0 Å². The van der Waals surface area contributed by atoms with Crippen LogP contribution in [0.15, 0.2) is 60.9 Å². The van der Waals surface area contributed by atoms with Crippen molar-refractivity contribution in [1.82, 2.24) is 14.8 Å². The summed E-state index contributed by atoms with van der Waals surface area (Å²) < 4.78 is 0. The average molecular weight is 349 g/mol. The number of carbonyl (C=O) groups is 2. The summed E-state index contributed by atoms with van der Waals surface area (Å²) in [4.78, 5) is 32.3. The van der Waals surface area contributed by atoms with E-state index in [9.17, 15) is 9.59 Å². The molecule has 2 heterocycles. The van der Waals surface area contributed by atoms with Gasteiger partial charge in [-0.2, -0.15) is 0 Å². The molecule has 5 nitrogen and oxygen atoms in total. The summed E-state index contributed by atoms with van der Waals surface area (Å²) in [6.45, 7) is 2.34. The van der Waals surface area contributed by atoms with Crippen LogP contribution >= 0.6 is 0 Å². The first-order valence-electron chi connectivity index (χ1n) is 8.93. The summed E-state index contributed by atoms with van der Waals surface area (Å²) in [6.07, 6.45) is 8.55. The molecule has 26 heavy (non-hydrogen) atoms. The molecule has 2 aromatic rings. The molecular formula is C21H23N3O2. The molecule has 0 spiro atoms. The van der Waals surface area contributed by atoms with Crippen molar-refractivity contribution >= 4 is 17.9 Å². The molecule has 2 amide bonds. The molecule has 0 unspecified atom stereocenters. The lowest BCUT2D eigenvalue weighted by molar-refractivity contribution is -0.132. The molecule has 0 saturated carbocycles. The number of carbonyl (C=O) groups excluding carboxylic acids is 2. The van der Waals surface area contributed by atoms with Crippen molar-refractivity contribution in [2.75, 3.05) is 26.2 Å². The summed E-state index contributed by atoms with van der Waals surface area (Å²) in [7, 11) is 0. The van der Waals surface area contributed by atoms with E-state index >= 15 is 0 Å². The van der Waals surface area contributed by atoms with E-state index in [4.69, 9.17) is 0 Å². The van der Waals surface area contributed by atoms with Gasteiger partial charge >= 0.3 is 0 Å². The normalized spacial score (nSPS) is 14.6. The van der Waals surface area contributed by atoms with Gasteiger partial charge in [0.05, 0.1) is 0 Å². The van der Waals surface area contributed by atoms with Crippen LogP contribution in [0.25, 0.3) is 6.08 Å². The van der Waals surface area contributed by atoms with E-state index in [1.165, 1.54) is 0 Å². The zero-order chi connectivity index (χ0) is 18.2. The molecule has 1 aromatic carbocycles. The Hall–Kier alpha value is -2.95. The lowest BCUT2D eigenvalue weighted by Crippen LogP contribution is -2.50. The fourth-order valence-corrected chi connectivity index (χ4v) is 2.98. The highest BCUT2D eigenvalue weighted by Crippen LogP contribution is 2.10. The van der Waals surface area contributed by atoms with Gasteiger partial charge in [0.2, 0.25) is 5.91 Å². The van der Waals surface area contributed by atoms with Gasteiger partial charge < -0.3 is 9.80 Å². The lowest BCUT2D eigenvalue weighted by atomic mass is 10.1. The maximum absolute atomic E-state index is 12.4. The first-order valence-corrected chi connectivity index (χ1v) is 8.93. The minimum absolute atomic E-state index is 0.00490. The fourth-order valence-electron chi connectivity index (χ4n) is 2.98. The van der Waals surface area contributed by atoms with E-state index in [-0.39, 0.29) is 11.8 Å². The van der Waals surface area contributed by atoms with Crippen LogP contribution in [-0.4, -0.2) is 52.8 Å². The Bertz CT molecular complexity index is 751. The average Bonchev–Trinajstić information content (AvgIpc) is 2.72. The van der Waals surface area contributed by atoms with Gasteiger partial charge in [-0.25, -0.2) is 0 Å². The molecule has 3 rings (SSSR count). The number of hydrogen-bond donors (Lipinski definition) is 0. The first kappa shape index (κ1) is 17.9. The summed E-state index contributed by atoms with van der Waals surface area (Å²) in [5.74, 6) is 0.156. The van der Waals surface area contributed by atoms with Gasteiger partial charge in [0, 0.05) is 50.6 Å². The van der Waals surface area contributed by atoms with Crippen molar-refractivity contribution in [3.63, 3.8) is 0 Å². The number of nitrogens with zero attached hydrogens (tertiary/aromatic N) is 3. The smallest absolute Gasteiger partial charge is 0.254 e. The minimum Gasteiger partial charge on any atom is -0.339 e. The molecule has 0 radical (unpaired) electrons. The topological polar surface area (TPSA) is 53.5 Å². The Balaban J connectivity index is 1.42. The van der Waals surface area contributed by atoms with Gasteiger partial charge in [-0.15, -0.1) is 0 Å². The van der Waals surface area contributed by atoms with Crippen molar-refractivity contribution in [3.05, 3.63) is 72.1 Å². The van der Waals surface area contributed by atoms with E-state index < -0.39 is 0 Å². The molecule has 0 N–H and O–H groups in total. The summed E-state index contributed by atoms with van der Waals surface area (Å²) >= 11 is 0. The Morgan fingerprint density at radius 2 is 1.58 bits per heavy atom. The third-order valence-electron chi connectivity index (χ3n) is 4.48. The van der Waals surface area contributed by atoms with Gasteiger partial charge in [-0.05, 0) is 24.1 Å². The largest absolute Gasteiger partial charge is 0.339 e. The van der Waals surface area contributed by atoms with Crippen LogP contribution in [0.1, 0.15) is 28.8 Å². The number of pyridine rings is 1. The van der Waals surface area contributed by atoms with Gasteiger partial charge in [0.1, 0.15) is 0 Å². The number of rotatable bonds is 5. The number of aromatic nitrogens is 1. The van der Waals surface area contributed by atoms with E-state index in [0.717, 1.165) is 12.0 Å². The maximum Gasteiger partial charge on any atom is 0.254 e. The standard InChI is InChI=1S/C21H23N3O2/c25-20(9-5-4-8-18-6-2-1-3-7-18)23-14-16-24(17-15-23)21(26)19-10-12-22-13-11-19/h1-4,6-8,10-13H,5,9,14-17H2. The molecule has 5 heteroatoms. The molecule has 0 bridgehead atoms. The molecule has 1 aromatic heterocycles.